The van der Waals surface area contributed by atoms with Gasteiger partial charge >= 0.3 is 6.18 Å². The fourth-order valence-electron chi connectivity index (χ4n) is 3.28. The Morgan fingerprint density at radius 3 is 2.78 bits per heavy atom. The lowest BCUT2D eigenvalue weighted by atomic mass is 9.88. The molecule has 2 fully saturated rings. The molecule has 7 heteroatoms. The highest BCUT2D eigenvalue weighted by Gasteiger charge is 2.44. The van der Waals surface area contributed by atoms with Crippen molar-refractivity contribution in [2.24, 2.45) is 5.92 Å². The standard InChI is InChI=1S/C16H18F3NO3/c17-16(18,19)10-3-1-2-9(6-10)13(21)8-20-15(22)12-7-11-4-5-14(12)23-11/h1-3,6,11-14,21H,4-5,7-8H2,(H,20,22). The lowest BCUT2D eigenvalue weighted by Gasteiger charge is -2.20. The number of carbonyl (C=O) groups excluding carboxylic acids is 1. The Morgan fingerprint density at radius 1 is 1.39 bits per heavy atom. The number of rotatable bonds is 4. The topological polar surface area (TPSA) is 58.6 Å². The first-order valence-electron chi connectivity index (χ1n) is 7.63. The molecular weight excluding hydrogens is 311 g/mol. The van der Waals surface area contributed by atoms with Gasteiger partial charge in [0.25, 0.3) is 0 Å². The second kappa shape index (κ2) is 6.13. The second-order valence-electron chi connectivity index (χ2n) is 6.10. The molecule has 4 nitrogen and oxygen atoms in total. The van der Waals surface area contributed by atoms with Crippen LogP contribution in [0.25, 0.3) is 0 Å². The van der Waals surface area contributed by atoms with Gasteiger partial charge in [-0.15, -0.1) is 0 Å². The van der Waals surface area contributed by atoms with E-state index in [9.17, 15) is 23.1 Å². The van der Waals surface area contributed by atoms with E-state index in [1.54, 1.807) is 0 Å². The van der Waals surface area contributed by atoms with Crippen molar-refractivity contribution in [3.05, 3.63) is 35.4 Å². The van der Waals surface area contributed by atoms with Gasteiger partial charge in [0.2, 0.25) is 5.91 Å². The van der Waals surface area contributed by atoms with Crippen LogP contribution in [0.5, 0.6) is 0 Å². The number of ether oxygens (including phenoxy) is 1. The number of alkyl halides is 3. The Labute approximate surface area is 131 Å². The Morgan fingerprint density at radius 2 is 2.17 bits per heavy atom. The predicted octanol–water partition coefficient (Wildman–Crippen LogP) is 2.42. The highest BCUT2D eigenvalue weighted by atomic mass is 19.4. The summed E-state index contributed by atoms with van der Waals surface area (Å²) in [5, 5.41) is 12.6. The molecule has 2 aliphatic heterocycles. The minimum Gasteiger partial charge on any atom is -0.387 e. The number of fused-ring (bicyclic) bond motifs is 2. The van der Waals surface area contributed by atoms with Crippen LogP contribution in [0.15, 0.2) is 24.3 Å². The molecule has 2 N–H and O–H groups in total. The molecule has 3 rings (SSSR count). The predicted molar refractivity (Wildman–Crippen MR) is 75.4 cm³/mol. The maximum absolute atomic E-state index is 12.7. The molecule has 23 heavy (non-hydrogen) atoms. The number of halogens is 3. The molecule has 2 saturated heterocycles. The molecule has 0 saturated carbocycles. The fourth-order valence-corrected chi connectivity index (χ4v) is 3.28. The summed E-state index contributed by atoms with van der Waals surface area (Å²) in [5.74, 6) is -0.425. The number of hydrogen-bond donors (Lipinski definition) is 2. The zero-order valence-corrected chi connectivity index (χ0v) is 12.3. The number of aliphatic hydroxyl groups excluding tert-OH is 1. The largest absolute Gasteiger partial charge is 0.416 e. The van der Waals surface area contributed by atoms with E-state index in [-0.39, 0.29) is 36.1 Å². The summed E-state index contributed by atoms with van der Waals surface area (Å²) >= 11 is 0. The molecule has 1 amide bonds. The van der Waals surface area contributed by atoms with Crippen LogP contribution in [0.1, 0.15) is 36.5 Å². The lowest BCUT2D eigenvalue weighted by molar-refractivity contribution is -0.137. The monoisotopic (exact) mass is 329 g/mol. The van der Waals surface area contributed by atoms with Crippen molar-refractivity contribution in [2.45, 2.75) is 43.8 Å². The third-order valence-corrected chi connectivity index (χ3v) is 4.51. The van der Waals surface area contributed by atoms with Crippen molar-refractivity contribution in [1.82, 2.24) is 5.32 Å². The number of aliphatic hydroxyl groups is 1. The number of nitrogens with one attached hydrogen (secondary N) is 1. The number of hydrogen-bond acceptors (Lipinski definition) is 3. The zero-order valence-electron chi connectivity index (χ0n) is 12.3. The van der Waals surface area contributed by atoms with Crippen LogP contribution < -0.4 is 5.32 Å². The van der Waals surface area contributed by atoms with Gasteiger partial charge in [-0.3, -0.25) is 4.79 Å². The van der Waals surface area contributed by atoms with Gasteiger partial charge in [0.1, 0.15) is 0 Å². The van der Waals surface area contributed by atoms with Crippen LogP contribution in [0, 0.1) is 5.92 Å². The van der Waals surface area contributed by atoms with Crippen LogP contribution in [0.4, 0.5) is 13.2 Å². The van der Waals surface area contributed by atoms with E-state index in [2.05, 4.69) is 5.32 Å². The van der Waals surface area contributed by atoms with Crippen LogP contribution in [0.3, 0.4) is 0 Å². The van der Waals surface area contributed by atoms with Crippen LogP contribution >= 0.6 is 0 Å². The summed E-state index contributed by atoms with van der Waals surface area (Å²) in [6.45, 7) is -0.117. The highest BCUT2D eigenvalue weighted by Crippen LogP contribution is 2.38. The van der Waals surface area contributed by atoms with E-state index >= 15 is 0 Å². The minimum absolute atomic E-state index is 0.0642. The fraction of sp³-hybridized carbons (Fsp3) is 0.562. The Hall–Kier alpha value is -1.60. The van der Waals surface area contributed by atoms with Crippen LogP contribution in [0.2, 0.25) is 0 Å². The van der Waals surface area contributed by atoms with Crippen molar-refractivity contribution in [2.75, 3.05) is 6.54 Å². The molecular formula is C16H18F3NO3. The van der Waals surface area contributed by atoms with E-state index < -0.39 is 17.8 Å². The van der Waals surface area contributed by atoms with Gasteiger partial charge in [0, 0.05) is 6.54 Å². The Balaban J connectivity index is 1.57. The van der Waals surface area contributed by atoms with Gasteiger partial charge in [0.15, 0.2) is 0 Å². The van der Waals surface area contributed by atoms with Crippen molar-refractivity contribution < 1.29 is 27.8 Å². The van der Waals surface area contributed by atoms with Gasteiger partial charge < -0.3 is 15.2 Å². The van der Waals surface area contributed by atoms with Gasteiger partial charge in [-0.1, -0.05) is 12.1 Å². The first-order valence-corrected chi connectivity index (χ1v) is 7.63. The molecule has 1 aromatic carbocycles. The lowest BCUT2D eigenvalue weighted by Crippen LogP contribution is -2.38. The summed E-state index contributed by atoms with van der Waals surface area (Å²) < 4.78 is 43.6. The first-order chi connectivity index (χ1) is 10.8. The summed E-state index contributed by atoms with van der Waals surface area (Å²) in [7, 11) is 0. The average Bonchev–Trinajstić information content (AvgIpc) is 3.14. The van der Waals surface area contributed by atoms with E-state index in [1.807, 2.05) is 0 Å². The zero-order chi connectivity index (χ0) is 16.6. The quantitative estimate of drug-likeness (QED) is 0.892. The molecule has 2 heterocycles. The van der Waals surface area contributed by atoms with Crippen molar-refractivity contribution in [3.8, 4) is 0 Å². The Kier molecular flexibility index (Phi) is 4.33. The van der Waals surface area contributed by atoms with Gasteiger partial charge in [-0.05, 0) is 37.0 Å². The van der Waals surface area contributed by atoms with Crippen molar-refractivity contribution in [1.29, 1.82) is 0 Å². The molecule has 2 aliphatic rings. The minimum atomic E-state index is -4.46. The third kappa shape index (κ3) is 3.50. The SMILES string of the molecule is O=C(NCC(O)c1cccc(C(F)(F)F)c1)C1CC2CCC1O2. The molecule has 0 radical (unpaired) electrons. The molecule has 0 aromatic heterocycles. The average molecular weight is 329 g/mol. The van der Waals surface area contributed by atoms with Crippen LogP contribution in [-0.4, -0.2) is 29.8 Å². The molecule has 2 bridgehead atoms. The van der Waals surface area contributed by atoms with E-state index in [1.165, 1.54) is 12.1 Å². The van der Waals surface area contributed by atoms with Crippen molar-refractivity contribution in [3.63, 3.8) is 0 Å². The summed E-state index contributed by atoms with van der Waals surface area (Å²) in [5.41, 5.74) is -0.689. The number of amides is 1. The molecule has 126 valence electrons. The first kappa shape index (κ1) is 16.3. The summed E-state index contributed by atoms with van der Waals surface area (Å²) in [6, 6.07) is 4.50. The maximum Gasteiger partial charge on any atom is 0.416 e. The Bertz CT molecular complexity index is 590. The van der Waals surface area contributed by atoms with Gasteiger partial charge in [-0.25, -0.2) is 0 Å². The number of benzene rings is 1. The third-order valence-electron chi connectivity index (χ3n) is 4.51. The van der Waals surface area contributed by atoms with Gasteiger partial charge in [-0.2, -0.15) is 13.2 Å². The highest BCUT2D eigenvalue weighted by molar-refractivity contribution is 5.79. The van der Waals surface area contributed by atoms with E-state index in [4.69, 9.17) is 4.74 Å². The van der Waals surface area contributed by atoms with Gasteiger partial charge in [0.05, 0.1) is 29.8 Å². The molecule has 4 atom stereocenters. The second-order valence-corrected chi connectivity index (χ2v) is 6.10. The molecule has 4 unspecified atom stereocenters. The smallest absolute Gasteiger partial charge is 0.387 e. The molecule has 1 aromatic rings. The maximum atomic E-state index is 12.7. The van der Waals surface area contributed by atoms with Crippen molar-refractivity contribution >= 4 is 5.91 Å². The normalized spacial score (nSPS) is 27.9. The summed E-state index contributed by atoms with van der Waals surface area (Å²) in [4.78, 5) is 12.1. The molecule has 0 spiro atoms. The van der Waals surface area contributed by atoms with Crippen LogP contribution in [-0.2, 0) is 15.7 Å². The molecule has 0 aliphatic carbocycles. The van der Waals surface area contributed by atoms with E-state index in [0.29, 0.717) is 6.42 Å². The summed E-state index contributed by atoms with van der Waals surface area (Å²) in [6.07, 6.45) is -3.05. The van der Waals surface area contributed by atoms with E-state index in [0.717, 1.165) is 25.0 Å². The number of carbonyl (C=O) groups is 1.